The van der Waals surface area contributed by atoms with Gasteiger partial charge in [0.05, 0.1) is 5.69 Å². The first kappa shape index (κ1) is 15.3. The molecule has 21 heavy (non-hydrogen) atoms. The van der Waals surface area contributed by atoms with Crippen molar-refractivity contribution in [2.75, 3.05) is 0 Å². The first-order chi connectivity index (χ1) is 10.0. The summed E-state index contributed by atoms with van der Waals surface area (Å²) in [6.07, 6.45) is 3.87. The van der Waals surface area contributed by atoms with Crippen molar-refractivity contribution in [3.63, 3.8) is 0 Å². The topological polar surface area (TPSA) is 32.6 Å². The fourth-order valence-corrected chi connectivity index (χ4v) is 2.63. The normalized spacial score (nSPS) is 12.0. The van der Waals surface area contributed by atoms with Crippen molar-refractivity contribution < 1.29 is 5.11 Å². The molecule has 0 spiro atoms. The van der Waals surface area contributed by atoms with Gasteiger partial charge in [-0.15, -0.1) is 0 Å². The van der Waals surface area contributed by atoms with E-state index >= 15 is 0 Å². The number of phenols is 1. The molecule has 0 fully saturated rings. The highest BCUT2D eigenvalue weighted by Gasteiger charge is 2.23. The van der Waals surface area contributed by atoms with Gasteiger partial charge in [0, 0.05) is 17.3 Å². The Morgan fingerprint density at radius 3 is 2.43 bits per heavy atom. The Morgan fingerprint density at radius 2 is 1.76 bits per heavy atom. The first-order valence-corrected chi connectivity index (χ1v) is 7.46. The summed E-state index contributed by atoms with van der Waals surface area (Å²) in [6, 6.07) is 15.6. The smallest absolute Gasteiger partial charge is 0.128 e. The molecular formula is C19H23NO. The Kier molecular flexibility index (Phi) is 4.79. The van der Waals surface area contributed by atoms with Gasteiger partial charge in [0.15, 0.2) is 0 Å². The number of rotatable bonds is 5. The fraction of sp³-hybridized carbons (Fsp3) is 0.316. The van der Waals surface area contributed by atoms with Crippen LogP contribution in [-0.4, -0.2) is 11.3 Å². The first-order valence-electron chi connectivity index (χ1n) is 7.46. The lowest BCUT2D eigenvalue weighted by Crippen LogP contribution is -2.17. The third-order valence-electron chi connectivity index (χ3n) is 3.78. The molecule has 0 amide bonds. The maximum absolute atomic E-state index is 10.5. The third-order valence-corrected chi connectivity index (χ3v) is 3.78. The van der Waals surface area contributed by atoms with Crippen molar-refractivity contribution in [3.8, 4) is 5.75 Å². The van der Waals surface area contributed by atoms with Gasteiger partial charge >= 0.3 is 0 Å². The highest BCUT2D eigenvalue weighted by molar-refractivity contribution is 5.86. The van der Waals surface area contributed by atoms with Crippen molar-refractivity contribution in [2.24, 2.45) is 4.99 Å². The summed E-state index contributed by atoms with van der Waals surface area (Å²) >= 11 is 0. The van der Waals surface area contributed by atoms with Crippen molar-refractivity contribution in [1.29, 1.82) is 0 Å². The molecule has 0 saturated carbocycles. The second-order valence-electron chi connectivity index (χ2n) is 5.97. The molecule has 0 bridgehead atoms. The lowest BCUT2D eigenvalue weighted by molar-refractivity contribution is 0.417. The third kappa shape index (κ3) is 3.72. The monoisotopic (exact) mass is 281 g/mol. The van der Waals surface area contributed by atoms with E-state index in [4.69, 9.17) is 0 Å². The Bertz CT molecular complexity index is 615. The van der Waals surface area contributed by atoms with Gasteiger partial charge in [-0.2, -0.15) is 0 Å². The molecule has 2 aromatic rings. The van der Waals surface area contributed by atoms with E-state index in [1.54, 1.807) is 6.21 Å². The number of aromatic hydroxyl groups is 1. The number of benzene rings is 2. The maximum atomic E-state index is 10.5. The molecule has 110 valence electrons. The standard InChI is InChI=1S/C19H23NO/c1-4-13-19(2,3)17-12-8-9-15(18(17)21)14-20-16-10-6-5-7-11-16/h5-12,14,21H,4,13H2,1-3H3. The minimum Gasteiger partial charge on any atom is -0.507 e. The second-order valence-corrected chi connectivity index (χ2v) is 5.97. The van der Waals surface area contributed by atoms with Gasteiger partial charge in [0.25, 0.3) is 0 Å². The van der Waals surface area contributed by atoms with Gasteiger partial charge in [0.2, 0.25) is 0 Å². The number of nitrogens with zero attached hydrogens (tertiary/aromatic N) is 1. The summed E-state index contributed by atoms with van der Waals surface area (Å²) in [5.41, 5.74) is 2.60. The summed E-state index contributed by atoms with van der Waals surface area (Å²) in [5, 5.41) is 10.5. The molecule has 2 nitrogen and oxygen atoms in total. The van der Waals surface area contributed by atoms with Gasteiger partial charge in [-0.25, -0.2) is 0 Å². The lowest BCUT2D eigenvalue weighted by atomic mass is 9.79. The maximum Gasteiger partial charge on any atom is 0.128 e. The van der Waals surface area contributed by atoms with Gasteiger partial charge in [-0.3, -0.25) is 4.99 Å². The number of para-hydroxylation sites is 2. The zero-order valence-electron chi connectivity index (χ0n) is 13.0. The summed E-state index contributed by atoms with van der Waals surface area (Å²) in [6.45, 7) is 6.51. The van der Waals surface area contributed by atoms with Crippen LogP contribution in [0.4, 0.5) is 5.69 Å². The van der Waals surface area contributed by atoms with Gasteiger partial charge in [-0.05, 0) is 30.0 Å². The van der Waals surface area contributed by atoms with E-state index in [2.05, 4.69) is 25.8 Å². The van der Waals surface area contributed by atoms with Crippen molar-refractivity contribution in [2.45, 2.75) is 39.0 Å². The zero-order chi connectivity index (χ0) is 15.3. The molecule has 0 saturated heterocycles. The van der Waals surface area contributed by atoms with E-state index in [0.29, 0.717) is 5.75 Å². The largest absolute Gasteiger partial charge is 0.507 e. The van der Waals surface area contributed by atoms with Crippen LogP contribution in [0.3, 0.4) is 0 Å². The highest BCUT2D eigenvalue weighted by Crippen LogP contribution is 2.36. The Balaban J connectivity index is 2.32. The number of aliphatic imine (C=N–C) groups is 1. The van der Waals surface area contributed by atoms with E-state index in [1.165, 1.54) is 0 Å². The predicted octanol–water partition coefficient (Wildman–Crippen LogP) is 5.22. The van der Waals surface area contributed by atoms with E-state index in [0.717, 1.165) is 29.7 Å². The number of phenolic OH excluding ortho intramolecular Hbond substituents is 1. The van der Waals surface area contributed by atoms with Gasteiger partial charge in [0.1, 0.15) is 5.75 Å². The Labute approximate surface area is 127 Å². The summed E-state index contributed by atoms with van der Waals surface area (Å²) in [5.74, 6) is 0.343. The van der Waals surface area contributed by atoms with Crippen molar-refractivity contribution >= 4 is 11.9 Å². The molecule has 2 aromatic carbocycles. The van der Waals surface area contributed by atoms with Crippen molar-refractivity contribution in [1.82, 2.24) is 0 Å². The van der Waals surface area contributed by atoms with Crippen LogP contribution in [0.1, 0.15) is 44.7 Å². The van der Waals surface area contributed by atoms with Crippen molar-refractivity contribution in [3.05, 3.63) is 59.7 Å². The molecule has 0 heterocycles. The molecular weight excluding hydrogens is 258 g/mol. The molecule has 0 aliphatic heterocycles. The average Bonchev–Trinajstić information content (AvgIpc) is 2.47. The Morgan fingerprint density at radius 1 is 1.05 bits per heavy atom. The van der Waals surface area contributed by atoms with Crippen LogP contribution in [0, 0.1) is 0 Å². The van der Waals surface area contributed by atoms with Crippen LogP contribution < -0.4 is 0 Å². The van der Waals surface area contributed by atoms with E-state index in [-0.39, 0.29) is 5.41 Å². The van der Waals surface area contributed by atoms with E-state index in [1.807, 2.05) is 48.5 Å². The molecule has 0 unspecified atom stereocenters. The van der Waals surface area contributed by atoms with Crippen LogP contribution in [-0.2, 0) is 5.41 Å². The SMILES string of the molecule is CCCC(C)(C)c1cccc(C=Nc2ccccc2)c1O. The van der Waals surface area contributed by atoms with E-state index in [9.17, 15) is 5.11 Å². The molecule has 0 radical (unpaired) electrons. The molecule has 0 aromatic heterocycles. The van der Waals surface area contributed by atoms with Crippen LogP contribution in [0.2, 0.25) is 0 Å². The minimum atomic E-state index is -0.0323. The summed E-state index contributed by atoms with van der Waals surface area (Å²) < 4.78 is 0. The van der Waals surface area contributed by atoms with E-state index < -0.39 is 0 Å². The zero-order valence-corrected chi connectivity index (χ0v) is 13.0. The summed E-state index contributed by atoms with van der Waals surface area (Å²) in [7, 11) is 0. The molecule has 2 rings (SSSR count). The quantitative estimate of drug-likeness (QED) is 0.749. The molecule has 1 N–H and O–H groups in total. The molecule has 0 aliphatic carbocycles. The number of hydrogen-bond acceptors (Lipinski definition) is 2. The Hall–Kier alpha value is -2.09. The fourth-order valence-electron chi connectivity index (χ4n) is 2.63. The van der Waals surface area contributed by atoms with Crippen LogP contribution >= 0.6 is 0 Å². The highest BCUT2D eigenvalue weighted by atomic mass is 16.3. The molecule has 0 atom stereocenters. The lowest BCUT2D eigenvalue weighted by Gasteiger charge is -2.26. The van der Waals surface area contributed by atoms with Crippen LogP contribution in [0.25, 0.3) is 0 Å². The second kappa shape index (κ2) is 6.57. The molecule has 0 aliphatic rings. The minimum absolute atomic E-state index is 0.0323. The van der Waals surface area contributed by atoms with Gasteiger partial charge in [-0.1, -0.05) is 57.5 Å². The van der Waals surface area contributed by atoms with Crippen LogP contribution in [0.5, 0.6) is 5.75 Å². The average molecular weight is 281 g/mol. The predicted molar refractivity (Wildman–Crippen MR) is 89.7 cm³/mol. The van der Waals surface area contributed by atoms with Gasteiger partial charge < -0.3 is 5.11 Å². The summed E-state index contributed by atoms with van der Waals surface area (Å²) in [4.78, 5) is 4.42. The number of hydrogen-bond donors (Lipinski definition) is 1. The van der Waals surface area contributed by atoms with Crippen LogP contribution in [0.15, 0.2) is 53.5 Å². The molecule has 2 heteroatoms.